The van der Waals surface area contributed by atoms with Gasteiger partial charge in [-0.3, -0.25) is 9.59 Å². The summed E-state index contributed by atoms with van der Waals surface area (Å²) in [5, 5.41) is 14.0. The van der Waals surface area contributed by atoms with Gasteiger partial charge in [-0.1, -0.05) is 56.7 Å². The lowest BCUT2D eigenvalue weighted by molar-refractivity contribution is -0.133. The molecule has 0 bridgehead atoms. The number of halogens is 1. The lowest BCUT2D eigenvalue weighted by Crippen LogP contribution is -2.49. The molecule has 2 N–H and O–H groups in total. The molecule has 37 heavy (non-hydrogen) atoms. The van der Waals surface area contributed by atoms with Crippen LogP contribution >= 0.6 is 0 Å². The number of nitrogens with zero attached hydrogens (tertiary/aromatic N) is 2. The lowest BCUT2D eigenvalue weighted by atomic mass is 9.89. The Bertz CT molecular complexity index is 1150. The van der Waals surface area contributed by atoms with Gasteiger partial charge in [0.1, 0.15) is 5.82 Å². The lowest BCUT2D eigenvalue weighted by Gasteiger charge is -2.26. The van der Waals surface area contributed by atoms with Crippen LogP contribution in [0.4, 0.5) is 10.1 Å². The van der Waals surface area contributed by atoms with E-state index in [2.05, 4.69) is 5.32 Å². The Morgan fingerprint density at radius 2 is 1.78 bits per heavy atom. The Morgan fingerprint density at radius 3 is 2.49 bits per heavy atom. The van der Waals surface area contributed by atoms with Gasteiger partial charge in [-0.15, -0.1) is 0 Å². The van der Waals surface area contributed by atoms with Gasteiger partial charge in [-0.05, 0) is 61.4 Å². The zero-order valence-corrected chi connectivity index (χ0v) is 21.4. The highest BCUT2D eigenvalue weighted by molar-refractivity contribution is 6.20. The number of aliphatic hydroxyl groups excluding tert-OH is 1. The number of benzene rings is 2. The second-order valence-electron chi connectivity index (χ2n) is 10.9. The van der Waals surface area contributed by atoms with E-state index in [1.165, 1.54) is 42.7 Å². The van der Waals surface area contributed by atoms with Gasteiger partial charge in [0.05, 0.1) is 23.4 Å². The minimum Gasteiger partial charge on any atom is -0.392 e. The van der Waals surface area contributed by atoms with Gasteiger partial charge in [0.2, 0.25) is 12.1 Å². The second kappa shape index (κ2) is 11.1. The van der Waals surface area contributed by atoms with E-state index < -0.39 is 18.2 Å². The van der Waals surface area contributed by atoms with Crippen molar-refractivity contribution < 1.29 is 19.1 Å². The van der Waals surface area contributed by atoms with Crippen LogP contribution in [-0.2, 0) is 9.59 Å². The van der Waals surface area contributed by atoms with Crippen LogP contribution in [0.25, 0.3) is 0 Å². The number of anilines is 1. The van der Waals surface area contributed by atoms with E-state index in [1.54, 1.807) is 19.2 Å². The third-order valence-corrected chi connectivity index (χ3v) is 8.17. The van der Waals surface area contributed by atoms with Crippen LogP contribution in [0.2, 0.25) is 0 Å². The van der Waals surface area contributed by atoms with Crippen LogP contribution in [0, 0.1) is 23.6 Å². The first-order chi connectivity index (χ1) is 17.9. The normalized spacial score (nSPS) is 21.7. The van der Waals surface area contributed by atoms with Gasteiger partial charge in [-0.2, -0.15) is 0 Å². The smallest absolute Gasteiger partial charge is 0.272 e. The van der Waals surface area contributed by atoms with E-state index in [-0.39, 0.29) is 17.6 Å². The minimum atomic E-state index is -1.14. The van der Waals surface area contributed by atoms with Crippen LogP contribution in [0.1, 0.15) is 68.9 Å². The molecule has 2 saturated carbocycles. The average Bonchev–Trinajstić information content (AvgIpc) is 3.60. The molecule has 1 aliphatic heterocycles. The van der Waals surface area contributed by atoms with Gasteiger partial charge < -0.3 is 15.3 Å². The van der Waals surface area contributed by atoms with E-state index in [0.29, 0.717) is 41.6 Å². The predicted octanol–water partition coefficient (Wildman–Crippen LogP) is 4.83. The predicted molar refractivity (Wildman–Crippen MR) is 142 cm³/mol. The number of hydrogen-bond donors (Lipinski definition) is 2. The van der Waals surface area contributed by atoms with Crippen LogP contribution in [0.3, 0.4) is 0 Å². The molecular formula is C30H36FN3O3. The van der Waals surface area contributed by atoms with Gasteiger partial charge in [0, 0.05) is 18.2 Å². The fourth-order valence-electron chi connectivity index (χ4n) is 5.75. The third kappa shape index (κ3) is 5.93. The Hall–Kier alpha value is -3.06. The Morgan fingerprint density at radius 1 is 1.08 bits per heavy atom. The summed E-state index contributed by atoms with van der Waals surface area (Å²) in [7, 11) is 1.67. The van der Waals surface area contributed by atoms with Crippen LogP contribution < -0.4 is 10.2 Å². The van der Waals surface area contributed by atoms with E-state index in [0.717, 1.165) is 24.8 Å². The first kappa shape index (κ1) is 25.6. The molecule has 2 amide bonds. The SMILES string of the molecule is CN1C(=O)C(NC(=O)C(CC2CC2)C(O)CCC2CCCC2)N=C(c2ccc(F)cc2)c2ccccc21. The molecule has 3 unspecified atom stereocenters. The van der Waals surface area contributed by atoms with Crippen molar-refractivity contribution in [1.82, 2.24) is 5.32 Å². The maximum atomic E-state index is 13.7. The molecule has 2 aromatic rings. The van der Waals surface area contributed by atoms with Crippen molar-refractivity contribution in [1.29, 1.82) is 0 Å². The van der Waals surface area contributed by atoms with Crippen molar-refractivity contribution in [2.45, 2.75) is 70.1 Å². The Balaban J connectivity index is 1.40. The molecule has 196 valence electrons. The number of fused-ring (bicyclic) bond motifs is 1. The zero-order valence-electron chi connectivity index (χ0n) is 21.4. The molecule has 2 aliphatic carbocycles. The third-order valence-electron chi connectivity index (χ3n) is 8.17. The fraction of sp³-hybridized carbons (Fsp3) is 0.500. The summed E-state index contributed by atoms with van der Waals surface area (Å²) in [6, 6.07) is 13.4. The number of carbonyl (C=O) groups is 2. The first-order valence-electron chi connectivity index (χ1n) is 13.6. The first-order valence-corrected chi connectivity index (χ1v) is 13.6. The van der Waals surface area contributed by atoms with Gasteiger partial charge in [0.15, 0.2) is 0 Å². The number of aliphatic hydroxyl groups is 1. The zero-order chi connectivity index (χ0) is 25.9. The molecule has 2 aromatic carbocycles. The number of likely N-dealkylation sites (N-methyl/N-ethyl adjacent to an activating group) is 1. The molecular weight excluding hydrogens is 469 g/mol. The number of carbonyl (C=O) groups excluding carboxylic acids is 2. The summed E-state index contributed by atoms with van der Waals surface area (Å²) >= 11 is 0. The molecule has 0 radical (unpaired) electrons. The molecule has 0 saturated heterocycles. The Labute approximate surface area is 218 Å². The van der Waals surface area contributed by atoms with Crippen molar-refractivity contribution in [2.75, 3.05) is 11.9 Å². The molecule has 7 heteroatoms. The van der Waals surface area contributed by atoms with Crippen molar-refractivity contribution in [3.63, 3.8) is 0 Å². The summed E-state index contributed by atoms with van der Waals surface area (Å²) in [5.74, 6) is -0.528. The molecule has 3 aliphatic rings. The van der Waals surface area contributed by atoms with E-state index in [1.807, 2.05) is 24.3 Å². The number of aliphatic imine (C=N–C) groups is 1. The molecule has 3 atom stereocenters. The standard InChI is InChI=1S/C30H36FN3O3/c1-34-25-9-5-4-8-23(25)27(21-13-15-22(31)16-14-21)32-28(30(34)37)33-29(36)24(18-20-10-11-20)26(35)17-12-19-6-2-3-7-19/h4-5,8-9,13-16,19-20,24,26,28,35H,2-3,6-7,10-12,17-18H2,1H3,(H,33,36). The summed E-state index contributed by atoms with van der Waals surface area (Å²) < 4.78 is 13.7. The van der Waals surface area contributed by atoms with Crippen molar-refractivity contribution >= 4 is 23.2 Å². The Kier molecular flexibility index (Phi) is 7.70. The minimum absolute atomic E-state index is 0.328. The molecule has 5 rings (SSSR count). The van der Waals surface area contributed by atoms with Gasteiger partial charge in [0.25, 0.3) is 5.91 Å². The van der Waals surface area contributed by atoms with E-state index in [4.69, 9.17) is 4.99 Å². The maximum absolute atomic E-state index is 13.7. The molecule has 0 spiro atoms. The summed E-state index contributed by atoms with van der Waals surface area (Å²) in [6.07, 6.45) is 7.34. The molecule has 1 heterocycles. The van der Waals surface area contributed by atoms with Crippen LogP contribution in [0.5, 0.6) is 0 Å². The van der Waals surface area contributed by atoms with Crippen molar-refractivity contribution in [3.05, 3.63) is 65.5 Å². The molecule has 0 aromatic heterocycles. The summed E-state index contributed by atoms with van der Waals surface area (Å²) in [4.78, 5) is 33.3. The fourth-order valence-corrected chi connectivity index (χ4v) is 5.75. The highest BCUT2D eigenvalue weighted by Crippen LogP contribution is 2.38. The average molecular weight is 506 g/mol. The monoisotopic (exact) mass is 505 g/mol. The number of nitrogens with one attached hydrogen (secondary N) is 1. The van der Waals surface area contributed by atoms with Crippen LogP contribution in [0.15, 0.2) is 53.5 Å². The molecule has 2 fully saturated rings. The molecule has 6 nitrogen and oxygen atoms in total. The van der Waals surface area contributed by atoms with Crippen molar-refractivity contribution in [2.24, 2.45) is 22.7 Å². The van der Waals surface area contributed by atoms with E-state index in [9.17, 15) is 19.1 Å². The highest BCUT2D eigenvalue weighted by atomic mass is 19.1. The van der Waals surface area contributed by atoms with Crippen molar-refractivity contribution in [3.8, 4) is 0 Å². The highest BCUT2D eigenvalue weighted by Gasteiger charge is 2.37. The summed E-state index contributed by atoms with van der Waals surface area (Å²) in [5.41, 5.74) is 2.56. The number of amides is 2. The van der Waals surface area contributed by atoms with Gasteiger partial charge in [-0.25, -0.2) is 9.38 Å². The number of rotatable bonds is 9. The summed E-state index contributed by atoms with van der Waals surface area (Å²) in [6.45, 7) is 0. The van der Waals surface area contributed by atoms with Crippen LogP contribution in [-0.4, -0.2) is 41.9 Å². The number of hydrogen-bond acceptors (Lipinski definition) is 4. The largest absolute Gasteiger partial charge is 0.392 e. The van der Waals surface area contributed by atoms with E-state index >= 15 is 0 Å². The quantitative estimate of drug-likeness (QED) is 0.512. The van der Waals surface area contributed by atoms with Gasteiger partial charge >= 0.3 is 0 Å². The maximum Gasteiger partial charge on any atom is 0.272 e. The number of para-hydroxylation sites is 1. The number of benzodiazepines with no additional fused rings is 1. The second-order valence-corrected chi connectivity index (χ2v) is 10.9. The topological polar surface area (TPSA) is 82.0 Å².